The Bertz CT molecular complexity index is 1560. The second-order valence-electron chi connectivity index (χ2n) is 8.61. The van der Waals surface area contributed by atoms with E-state index in [1.165, 1.54) is 17.2 Å². The molecule has 0 unspecified atom stereocenters. The summed E-state index contributed by atoms with van der Waals surface area (Å²) in [7, 11) is 1.62. The normalized spacial score (nSPS) is 13.1. The average molecular weight is 503 g/mol. The van der Waals surface area contributed by atoms with Crippen LogP contribution in [-0.2, 0) is 16.0 Å². The zero-order chi connectivity index (χ0) is 26.1. The lowest BCUT2D eigenvalue weighted by molar-refractivity contribution is -0.136. The van der Waals surface area contributed by atoms with Crippen molar-refractivity contribution >= 4 is 28.4 Å². The van der Waals surface area contributed by atoms with Crippen molar-refractivity contribution in [2.24, 2.45) is 0 Å². The molecule has 1 amide bonds. The molecule has 4 aromatic rings. The van der Waals surface area contributed by atoms with Crippen LogP contribution in [0.15, 0.2) is 66.9 Å². The third-order valence-corrected chi connectivity index (χ3v) is 6.39. The number of halogens is 2. The smallest absolute Gasteiger partial charge is 0.341 e. The van der Waals surface area contributed by atoms with Crippen LogP contribution < -0.4 is 4.74 Å². The molecule has 0 saturated carbocycles. The number of aromatic nitrogens is 1. The Kier molecular flexibility index (Phi) is 6.48. The summed E-state index contributed by atoms with van der Waals surface area (Å²) in [6.07, 6.45) is 1.86. The zero-order valence-corrected chi connectivity index (χ0v) is 20.3. The summed E-state index contributed by atoms with van der Waals surface area (Å²) in [6, 6.07) is 16.7. The lowest BCUT2D eigenvalue weighted by Gasteiger charge is -2.18. The molecule has 1 N–H and O–H groups in total. The summed E-state index contributed by atoms with van der Waals surface area (Å²) in [4.78, 5) is 30.8. The average Bonchev–Trinajstić information content (AvgIpc) is 3.16. The summed E-state index contributed by atoms with van der Waals surface area (Å²) in [6.45, 7) is 2.09. The summed E-state index contributed by atoms with van der Waals surface area (Å²) in [5, 5.41) is 0.916. The molecular weight excluding hydrogens is 478 g/mol. The summed E-state index contributed by atoms with van der Waals surface area (Å²) >= 11 is 0. The van der Waals surface area contributed by atoms with Crippen molar-refractivity contribution < 1.29 is 27.8 Å². The number of ether oxygens (including phenoxy) is 2. The molecule has 0 spiro atoms. The van der Waals surface area contributed by atoms with Gasteiger partial charge in [-0.3, -0.25) is 4.79 Å². The van der Waals surface area contributed by atoms with E-state index in [2.05, 4.69) is 4.98 Å². The molecule has 0 atom stereocenters. The highest BCUT2D eigenvalue weighted by atomic mass is 19.2. The van der Waals surface area contributed by atoms with E-state index in [1.54, 1.807) is 14.0 Å². The molecule has 8 heteroatoms. The fourth-order valence-corrected chi connectivity index (χ4v) is 4.56. The van der Waals surface area contributed by atoms with Gasteiger partial charge in [-0.1, -0.05) is 24.3 Å². The van der Waals surface area contributed by atoms with Gasteiger partial charge in [0.1, 0.15) is 5.75 Å². The van der Waals surface area contributed by atoms with E-state index in [4.69, 9.17) is 9.47 Å². The molecular formula is C29H24F2N2O4. The molecule has 1 aliphatic heterocycles. The molecule has 5 rings (SSSR count). The number of rotatable bonds is 5. The molecule has 188 valence electrons. The van der Waals surface area contributed by atoms with E-state index in [9.17, 15) is 18.4 Å². The first-order chi connectivity index (χ1) is 17.9. The van der Waals surface area contributed by atoms with Crippen molar-refractivity contribution in [2.45, 2.75) is 13.3 Å². The summed E-state index contributed by atoms with van der Waals surface area (Å²) < 4.78 is 37.8. The van der Waals surface area contributed by atoms with Gasteiger partial charge in [0.15, 0.2) is 11.6 Å². The van der Waals surface area contributed by atoms with Crippen molar-refractivity contribution in [3.8, 4) is 16.9 Å². The monoisotopic (exact) mass is 502 g/mol. The first kappa shape index (κ1) is 24.2. The number of carbonyl (C=O) groups is 2. The Morgan fingerprint density at radius 3 is 2.57 bits per heavy atom. The molecule has 0 bridgehead atoms. The number of methoxy groups -OCH3 is 1. The highest BCUT2D eigenvalue weighted by Crippen LogP contribution is 2.34. The van der Waals surface area contributed by atoms with Crippen molar-refractivity contribution in [1.82, 2.24) is 9.88 Å². The van der Waals surface area contributed by atoms with Crippen LogP contribution in [0.25, 0.3) is 27.6 Å². The van der Waals surface area contributed by atoms with Gasteiger partial charge in [-0.2, -0.15) is 0 Å². The Balaban J connectivity index is 1.57. The molecule has 3 aromatic carbocycles. The van der Waals surface area contributed by atoms with E-state index in [0.29, 0.717) is 12.1 Å². The first-order valence-corrected chi connectivity index (χ1v) is 11.8. The maximum atomic E-state index is 13.8. The molecule has 6 nitrogen and oxygen atoms in total. The molecule has 2 heterocycles. The van der Waals surface area contributed by atoms with Gasteiger partial charge in [0.05, 0.1) is 25.0 Å². The number of esters is 1. The molecule has 37 heavy (non-hydrogen) atoms. The highest BCUT2D eigenvalue weighted by molar-refractivity contribution is 6.18. The number of fused-ring (bicyclic) bond motifs is 3. The quantitative estimate of drug-likeness (QED) is 0.354. The fraction of sp³-hybridized carbons (Fsp3) is 0.172. The van der Waals surface area contributed by atoms with Crippen LogP contribution in [0, 0.1) is 11.6 Å². The summed E-state index contributed by atoms with van der Waals surface area (Å²) in [5.74, 6) is -2.54. The second-order valence-corrected chi connectivity index (χ2v) is 8.61. The van der Waals surface area contributed by atoms with Crippen LogP contribution in [0.2, 0.25) is 0 Å². The zero-order valence-electron chi connectivity index (χ0n) is 20.3. The number of carbonyl (C=O) groups excluding carboxylic acids is 2. The van der Waals surface area contributed by atoms with Crippen LogP contribution in [0.1, 0.15) is 28.5 Å². The minimum atomic E-state index is -1.11. The van der Waals surface area contributed by atoms with Crippen LogP contribution in [-0.4, -0.2) is 42.0 Å². The number of nitrogens with one attached hydrogen (secondary N) is 1. The number of aromatic amines is 1. The van der Waals surface area contributed by atoms with Gasteiger partial charge in [0.2, 0.25) is 0 Å². The van der Waals surface area contributed by atoms with E-state index < -0.39 is 23.5 Å². The van der Waals surface area contributed by atoms with Gasteiger partial charge >= 0.3 is 5.97 Å². The van der Waals surface area contributed by atoms with Gasteiger partial charge in [0, 0.05) is 29.2 Å². The number of hydrogen-bond acceptors (Lipinski definition) is 4. The lowest BCUT2D eigenvalue weighted by Crippen LogP contribution is -2.28. The summed E-state index contributed by atoms with van der Waals surface area (Å²) in [5.41, 5.74) is 4.39. The van der Waals surface area contributed by atoms with Crippen LogP contribution in [0.4, 0.5) is 8.78 Å². The molecule has 0 radical (unpaired) electrons. The number of benzene rings is 3. The lowest BCUT2D eigenvalue weighted by atomic mass is 10.0. The van der Waals surface area contributed by atoms with Crippen molar-refractivity contribution in [1.29, 1.82) is 0 Å². The number of hydrogen-bond donors (Lipinski definition) is 1. The van der Waals surface area contributed by atoms with Crippen molar-refractivity contribution in [2.75, 3.05) is 20.3 Å². The van der Waals surface area contributed by atoms with E-state index in [-0.39, 0.29) is 24.3 Å². The molecule has 0 saturated heterocycles. The largest absolute Gasteiger partial charge is 0.497 e. The Labute approximate surface area is 212 Å². The van der Waals surface area contributed by atoms with Crippen LogP contribution in [0.5, 0.6) is 5.75 Å². The molecule has 0 aliphatic carbocycles. The van der Waals surface area contributed by atoms with Gasteiger partial charge in [0.25, 0.3) is 5.91 Å². The second kappa shape index (κ2) is 9.89. The van der Waals surface area contributed by atoms with Crippen LogP contribution >= 0.6 is 0 Å². The maximum absolute atomic E-state index is 13.8. The van der Waals surface area contributed by atoms with E-state index >= 15 is 0 Å². The van der Waals surface area contributed by atoms with Gasteiger partial charge in [-0.25, -0.2) is 13.6 Å². The van der Waals surface area contributed by atoms with Crippen molar-refractivity contribution in [3.63, 3.8) is 0 Å². The Morgan fingerprint density at radius 1 is 1.00 bits per heavy atom. The molecule has 1 aliphatic rings. The first-order valence-electron chi connectivity index (χ1n) is 11.8. The third-order valence-electron chi connectivity index (χ3n) is 6.39. The van der Waals surface area contributed by atoms with Gasteiger partial charge in [-0.15, -0.1) is 0 Å². The topological polar surface area (TPSA) is 71.6 Å². The third kappa shape index (κ3) is 4.58. The van der Waals surface area contributed by atoms with Crippen LogP contribution in [0.3, 0.4) is 0 Å². The Hall–Kier alpha value is -4.46. The van der Waals surface area contributed by atoms with Gasteiger partial charge in [-0.05, 0) is 66.4 Å². The number of nitrogens with zero attached hydrogens (tertiary/aromatic N) is 1. The van der Waals surface area contributed by atoms with Crippen molar-refractivity contribution in [3.05, 3.63) is 95.3 Å². The molecule has 1 aromatic heterocycles. The highest BCUT2D eigenvalue weighted by Gasteiger charge is 2.28. The molecule has 0 fully saturated rings. The van der Waals surface area contributed by atoms with Gasteiger partial charge < -0.3 is 19.4 Å². The number of H-pyrrole nitrogens is 1. The SMILES string of the molecule is CCOC(=O)C1=CN(C(=O)c2ccc(F)c(F)c2)CCc2c1[nH]c1cc(-c3cccc(OC)c3)ccc21. The Morgan fingerprint density at radius 2 is 1.81 bits per heavy atom. The minimum absolute atomic E-state index is 0.0169. The van der Waals surface area contributed by atoms with E-state index in [0.717, 1.165) is 45.5 Å². The minimum Gasteiger partial charge on any atom is -0.497 e. The standard InChI is InChI=1S/C29H24F2N2O4/c1-3-37-29(35)23-16-33(28(34)19-8-10-24(30)25(31)14-19)12-11-22-21-9-7-18(15-26(21)32-27(22)23)17-5-4-6-20(13-17)36-2/h4-10,13-16,32H,3,11-12H2,1-2H3. The van der Waals surface area contributed by atoms with E-state index in [1.807, 2.05) is 42.5 Å². The predicted octanol–water partition coefficient (Wildman–Crippen LogP) is 5.72. The number of amides is 1. The maximum Gasteiger partial charge on any atom is 0.341 e. The predicted molar refractivity (Wildman–Crippen MR) is 136 cm³/mol. The fourth-order valence-electron chi connectivity index (χ4n) is 4.56.